The zero-order valence-corrected chi connectivity index (χ0v) is 10.7. The maximum absolute atomic E-state index is 13.8. The number of nitrogens with zero attached hydrogens (tertiary/aromatic N) is 2. The van der Waals surface area contributed by atoms with Crippen LogP contribution in [0.15, 0.2) is 40.5 Å². The second-order valence-corrected chi connectivity index (χ2v) is 4.90. The lowest BCUT2D eigenvalue weighted by Crippen LogP contribution is -2.24. The maximum Gasteiger partial charge on any atom is 0.357 e. The fourth-order valence-electron chi connectivity index (χ4n) is 1.90. The molecule has 2 heterocycles. The van der Waals surface area contributed by atoms with E-state index >= 15 is 0 Å². The molecule has 5 nitrogen and oxygen atoms in total. The number of aromatic nitrogens is 2. The number of halogens is 1. The van der Waals surface area contributed by atoms with Crippen LogP contribution in [0.25, 0.3) is 15.8 Å². The highest BCUT2D eigenvalue weighted by molar-refractivity contribution is 7.17. The van der Waals surface area contributed by atoms with Gasteiger partial charge in [0.1, 0.15) is 16.2 Å². The first-order chi connectivity index (χ1) is 9.59. The van der Waals surface area contributed by atoms with Crippen molar-refractivity contribution in [1.82, 2.24) is 9.78 Å². The summed E-state index contributed by atoms with van der Waals surface area (Å²) < 4.78 is 14.8. The summed E-state index contributed by atoms with van der Waals surface area (Å²) in [5.41, 5.74) is -0.885. The molecule has 1 N–H and O–H groups in total. The lowest BCUT2D eigenvalue weighted by molar-refractivity contribution is 0.0691. The normalized spacial score (nSPS) is 10.8. The molecule has 20 heavy (non-hydrogen) atoms. The zero-order chi connectivity index (χ0) is 14.3. The summed E-state index contributed by atoms with van der Waals surface area (Å²) in [6.07, 6.45) is 0. The van der Waals surface area contributed by atoms with Crippen LogP contribution in [0, 0.1) is 5.82 Å². The lowest BCUT2D eigenvalue weighted by Gasteiger charge is -2.07. The quantitative estimate of drug-likeness (QED) is 0.786. The molecule has 0 saturated carbocycles. The van der Waals surface area contributed by atoms with E-state index in [0.29, 0.717) is 0 Å². The average Bonchev–Trinajstić information content (AvgIpc) is 2.90. The van der Waals surface area contributed by atoms with E-state index in [4.69, 9.17) is 5.11 Å². The minimum Gasteiger partial charge on any atom is -0.476 e. The molecule has 0 aliphatic heterocycles. The third-order valence-corrected chi connectivity index (χ3v) is 3.69. The minimum atomic E-state index is -1.27. The van der Waals surface area contributed by atoms with Gasteiger partial charge in [-0.3, -0.25) is 4.79 Å². The summed E-state index contributed by atoms with van der Waals surface area (Å²) in [6.45, 7) is 0. The molecule has 0 atom stereocenters. The van der Waals surface area contributed by atoms with Crippen LogP contribution < -0.4 is 5.56 Å². The molecule has 0 amide bonds. The number of para-hydroxylation sites is 1. The first kappa shape index (κ1) is 12.5. The average molecular weight is 290 g/mol. The smallest absolute Gasteiger partial charge is 0.357 e. The molecule has 0 aliphatic rings. The third-order valence-electron chi connectivity index (χ3n) is 2.79. The van der Waals surface area contributed by atoms with Gasteiger partial charge in [0, 0.05) is 5.39 Å². The fourth-order valence-corrected chi connectivity index (χ4v) is 2.72. The van der Waals surface area contributed by atoms with E-state index in [9.17, 15) is 14.0 Å². The van der Waals surface area contributed by atoms with Crippen LogP contribution in [0.2, 0.25) is 0 Å². The number of fused-ring (bicyclic) bond motifs is 1. The van der Waals surface area contributed by atoms with Crippen LogP contribution in [0.5, 0.6) is 0 Å². The summed E-state index contributed by atoms with van der Waals surface area (Å²) in [6, 6.07) is 7.10. The van der Waals surface area contributed by atoms with Gasteiger partial charge in [-0.25, -0.2) is 9.18 Å². The standard InChI is InChI=1S/C13H7FN2O3S/c14-8-3-1-2-4-9(8)16-12(17)11-7(5-6-20-11)10(15-16)13(18)19/h1-6H,(H,18,19). The Morgan fingerprint density at radius 1 is 1.30 bits per heavy atom. The predicted molar refractivity (Wildman–Crippen MR) is 72.1 cm³/mol. The highest BCUT2D eigenvalue weighted by Crippen LogP contribution is 2.21. The molecule has 0 saturated heterocycles. The molecule has 100 valence electrons. The Balaban J connectivity index is 2.43. The number of carboxylic acids is 1. The Morgan fingerprint density at radius 3 is 2.75 bits per heavy atom. The SMILES string of the molecule is O=C(O)c1nn(-c2ccccc2F)c(=O)c2sccc12. The molecule has 0 bridgehead atoms. The molecule has 0 unspecified atom stereocenters. The van der Waals surface area contributed by atoms with Crippen molar-refractivity contribution in [3.8, 4) is 5.69 Å². The number of hydrogen-bond donors (Lipinski definition) is 1. The van der Waals surface area contributed by atoms with Gasteiger partial charge in [-0.15, -0.1) is 11.3 Å². The van der Waals surface area contributed by atoms with Gasteiger partial charge >= 0.3 is 5.97 Å². The summed E-state index contributed by atoms with van der Waals surface area (Å²) in [7, 11) is 0. The maximum atomic E-state index is 13.8. The Kier molecular flexibility index (Phi) is 2.83. The molecule has 0 aliphatic carbocycles. The fraction of sp³-hybridized carbons (Fsp3) is 0. The molecular weight excluding hydrogens is 283 g/mol. The van der Waals surface area contributed by atoms with Crippen molar-refractivity contribution in [2.45, 2.75) is 0 Å². The molecule has 2 aromatic heterocycles. The van der Waals surface area contributed by atoms with Crippen LogP contribution in [0.4, 0.5) is 4.39 Å². The van der Waals surface area contributed by atoms with E-state index in [1.807, 2.05) is 0 Å². The van der Waals surface area contributed by atoms with Crippen LogP contribution in [-0.2, 0) is 0 Å². The Morgan fingerprint density at radius 2 is 2.05 bits per heavy atom. The molecule has 0 spiro atoms. The molecule has 1 aromatic carbocycles. The first-order valence-electron chi connectivity index (χ1n) is 5.58. The summed E-state index contributed by atoms with van der Waals surface area (Å²) in [4.78, 5) is 23.5. The number of benzene rings is 1. The zero-order valence-electron chi connectivity index (χ0n) is 9.91. The Labute approximate surface area is 115 Å². The summed E-state index contributed by atoms with van der Waals surface area (Å²) in [5, 5.41) is 14.8. The van der Waals surface area contributed by atoms with Crippen molar-refractivity contribution in [3.05, 3.63) is 57.6 Å². The number of carbonyl (C=O) groups is 1. The Bertz CT molecular complexity index is 885. The molecular formula is C13H7FN2O3S. The largest absolute Gasteiger partial charge is 0.476 e. The van der Waals surface area contributed by atoms with E-state index in [-0.39, 0.29) is 21.5 Å². The summed E-state index contributed by atoms with van der Waals surface area (Å²) in [5.74, 6) is -1.91. The van der Waals surface area contributed by atoms with Crippen molar-refractivity contribution < 1.29 is 14.3 Å². The topological polar surface area (TPSA) is 72.2 Å². The van der Waals surface area contributed by atoms with Gasteiger partial charge in [-0.2, -0.15) is 9.78 Å². The number of carboxylic acid groups (broad SMARTS) is 1. The van der Waals surface area contributed by atoms with E-state index < -0.39 is 17.3 Å². The van der Waals surface area contributed by atoms with Crippen molar-refractivity contribution in [2.75, 3.05) is 0 Å². The van der Waals surface area contributed by atoms with Crippen molar-refractivity contribution >= 4 is 27.4 Å². The number of aromatic carboxylic acids is 1. The minimum absolute atomic E-state index is 0.0738. The molecule has 3 aromatic rings. The highest BCUT2D eigenvalue weighted by atomic mass is 32.1. The number of rotatable bonds is 2. The first-order valence-corrected chi connectivity index (χ1v) is 6.46. The van der Waals surface area contributed by atoms with Crippen LogP contribution in [-0.4, -0.2) is 20.9 Å². The lowest BCUT2D eigenvalue weighted by atomic mass is 10.2. The van der Waals surface area contributed by atoms with Gasteiger partial charge in [0.05, 0.1) is 0 Å². The van der Waals surface area contributed by atoms with Gasteiger partial charge in [-0.1, -0.05) is 12.1 Å². The van der Waals surface area contributed by atoms with E-state index in [2.05, 4.69) is 5.10 Å². The van der Waals surface area contributed by atoms with Gasteiger partial charge in [0.25, 0.3) is 5.56 Å². The van der Waals surface area contributed by atoms with Gasteiger partial charge < -0.3 is 5.11 Å². The number of thiophene rings is 1. The monoisotopic (exact) mass is 290 g/mol. The number of hydrogen-bond acceptors (Lipinski definition) is 4. The highest BCUT2D eigenvalue weighted by Gasteiger charge is 2.18. The van der Waals surface area contributed by atoms with Gasteiger partial charge in [0.15, 0.2) is 5.69 Å². The van der Waals surface area contributed by atoms with Crippen LogP contribution in [0.1, 0.15) is 10.5 Å². The Hall–Kier alpha value is -2.54. The van der Waals surface area contributed by atoms with E-state index in [0.717, 1.165) is 16.0 Å². The second kappa shape index (κ2) is 4.53. The van der Waals surface area contributed by atoms with Gasteiger partial charge in [0.2, 0.25) is 0 Å². The van der Waals surface area contributed by atoms with Crippen molar-refractivity contribution in [1.29, 1.82) is 0 Å². The second-order valence-electron chi connectivity index (χ2n) is 3.99. The molecule has 3 rings (SSSR count). The van der Waals surface area contributed by atoms with Gasteiger partial charge in [-0.05, 0) is 23.6 Å². The predicted octanol–water partition coefficient (Wildman–Crippen LogP) is 2.28. The van der Waals surface area contributed by atoms with Crippen molar-refractivity contribution in [2.24, 2.45) is 0 Å². The summed E-state index contributed by atoms with van der Waals surface area (Å²) >= 11 is 1.10. The van der Waals surface area contributed by atoms with Crippen LogP contribution in [0.3, 0.4) is 0 Å². The molecule has 0 radical (unpaired) electrons. The molecule has 7 heteroatoms. The molecule has 0 fully saturated rings. The van der Waals surface area contributed by atoms with E-state index in [1.54, 1.807) is 11.4 Å². The van der Waals surface area contributed by atoms with Crippen LogP contribution >= 0.6 is 11.3 Å². The van der Waals surface area contributed by atoms with Crippen molar-refractivity contribution in [3.63, 3.8) is 0 Å². The van der Waals surface area contributed by atoms with E-state index in [1.165, 1.54) is 24.3 Å². The third kappa shape index (κ3) is 1.79.